The molecule has 1 heterocycles. The highest BCUT2D eigenvalue weighted by Gasteiger charge is 2.26. The number of carbonyl (C=O) groups excluding carboxylic acids is 2. The molecule has 0 saturated carbocycles. The largest absolute Gasteiger partial charge is 0.310 e. The zero-order valence-electron chi connectivity index (χ0n) is 13.1. The van der Waals surface area contributed by atoms with Gasteiger partial charge in [0.2, 0.25) is 5.91 Å². The van der Waals surface area contributed by atoms with Crippen LogP contribution in [0.25, 0.3) is 0 Å². The molecule has 0 aliphatic carbocycles. The van der Waals surface area contributed by atoms with Gasteiger partial charge in [0, 0.05) is 31.7 Å². The van der Waals surface area contributed by atoms with Crippen LogP contribution in [0.5, 0.6) is 0 Å². The summed E-state index contributed by atoms with van der Waals surface area (Å²) in [5, 5.41) is 3.14. The van der Waals surface area contributed by atoms with Crippen LogP contribution in [0.2, 0.25) is 0 Å². The molecule has 0 spiro atoms. The molecule has 1 aliphatic rings. The quantitative estimate of drug-likeness (QED) is 0.539. The monoisotopic (exact) mass is 281 g/mol. The van der Waals surface area contributed by atoms with Crippen LogP contribution in [0, 0.1) is 0 Å². The van der Waals surface area contributed by atoms with E-state index in [2.05, 4.69) is 44.5 Å². The van der Waals surface area contributed by atoms with Gasteiger partial charge in [-0.25, -0.2) is 0 Å². The van der Waals surface area contributed by atoms with Gasteiger partial charge in [0.1, 0.15) is 0 Å². The number of rotatable bonds is 8. The highest BCUT2D eigenvalue weighted by atomic mass is 16.2. The second-order valence-corrected chi connectivity index (χ2v) is 5.81. The number of nitrogens with one attached hydrogen (secondary N) is 1. The number of hydrogen-bond acceptors (Lipinski definition) is 4. The van der Waals surface area contributed by atoms with E-state index in [1.165, 1.54) is 4.90 Å². The average molecular weight is 281 g/mol. The first kappa shape index (κ1) is 16.9. The Kier molecular flexibility index (Phi) is 6.36. The first-order valence-electron chi connectivity index (χ1n) is 7.33. The lowest BCUT2D eigenvalue weighted by Crippen LogP contribution is -2.45. The fraction of sp³-hybridized carbons (Fsp3) is 0.733. The second-order valence-electron chi connectivity index (χ2n) is 5.81. The summed E-state index contributed by atoms with van der Waals surface area (Å²) >= 11 is 0. The van der Waals surface area contributed by atoms with Crippen molar-refractivity contribution in [2.45, 2.75) is 52.6 Å². The molecular formula is C15H27N3O2. The van der Waals surface area contributed by atoms with Crippen molar-refractivity contribution in [1.29, 1.82) is 0 Å². The maximum absolute atomic E-state index is 12.0. The van der Waals surface area contributed by atoms with Crippen LogP contribution in [0.4, 0.5) is 0 Å². The summed E-state index contributed by atoms with van der Waals surface area (Å²) in [7, 11) is 0. The van der Waals surface area contributed by atoms with Crippen molar-refractivity contribution in [1.82, 2.24) is 15.1 Å². The minimum Gasteiger partial charge on any atom is -0.310 e. The normalized spacial score (nSPS) is 15.8. The maximum atomic E-state index is 12.0. The number of ketones is 1. The predicted molar refractivity (Wildman–Crippen MR) is 80.1 cm³/mol. The van der Waals surface area contributed by atoms with Gasteiger partial charge in [-0.15, -0.1) is 0 Å². The SMILES string of the molecule is C=C(C(=O)CNCN(C(C)C)C(C)C)N1CCCC1=O. The van der Waals surface area contributed by atoms with Crippen LogP contribution in [-0.2, 0) is 9.59 Å². The molecule has 5 nitrogen and oxygen atoms in total. The number of likely N-dealkylation sites (tertiary alicyclic amines) is 1. The van der Waals surface area contributed by atoms with E-state index in [-0.39, 0.29) is 18.2 Å². The third-order valence-corrected chi connectivity index (χ3v) is 3.63. The van der Waals surface area contributed by atoms with Crippen molar-refractivity contribution in [3.05, 3.63) is 12.3 Å². The van der Waals surface area contributed by atoms with Crippen LogP contribution < -0.4 is 5.32 Å². The van der Waals surface area contributed by atoms with Crippen molar-refractivity contribution >= 4 is 11.7 Å². The molecule has 1 saturated heterocycles. The molecular weight excluding hydrogens is 254 g/mol. The lowest BCUT2D eigenvalue weighted by atomic mass is 10.2. The van der Waals surface area contributed by atoms with Gasteiger partial charge in [0.05, 0.1) is 12.2 Å². The fourth-order valence-corrected chi connectivity index (χ4v) is 2.45. The van der Waals surface area contributed by atoms with Crippen molar-refractivity contribution in [3.8, 4) is 0 Å². The molecule has 0 aromatic carbocycles. The van der Waals surface area contributed by atoms with Gasteiger partial charge in [-0.2, -0.15) is 0 Å². The summed E-state index contributed by atoms with van der Waals surface area (Å²) in [6, 6.07) is 0.835. The van der Waals surface area contributed by atoms with E-state index < -0.39 is 0 Å². The van der Waals surface area contributed by atoms with Crippen LogP contribution in [0.15, 0.2) is 12.3 Å². The first-order chi connectivity index (χ1) is 9.34. The Morgan fingerprint density at radius 1 is 1.35 bits per heavy atom. The Morgan fingerprint density at radius 3 is 2.40 bits per heavy atom. The van der Waals surface area contributed by atoms with E-state index in [0.717, 1.165) is 6.42 Å². The molecule has 0 aromatic rings. The summed E-state index contributed by atoms with van der Waals surface area (Å²) < 4.78 is 0. The topological polar surface area (TPSA) is 52.7 Å². The molecule has 0 radical (unpaired) electrons. The minimum absolute atomic E-state index is 0.00865. The van der Waals surface area contributed by atoms with E-state index in [4.69, 9.17) is 0 Å². The van der Waals surface area contributed by atoms with Crippen LogP contribution in [0.1, 0.15) is 40.5 Å². The summed E-state index contributed by atoms with van der Waals surface area (Å²) in [5.41, 5.74) is 0.320. The van der Waals surface area contributed by atoms with E-state index >= 15 is 0 Å². The maximum Gasteiger partial charge on any atom is 0.227 e. The van der Waals surface area contributed by atoms with Crippen LogP contribution in [-0.4, -0.2) is 53.3 Å². The second kappa shape index (κ2) is 7.55. The van der Waals surface area contributed by atoms with Crippen molar-refractivity contribution in [2.75, 3.05) is 19.8 Å². The summed E-state index contributed by atoms with van der Waals surface area (Å²) in [6.07, 6.45) is 1.33. The molecule has 0 atom stereocenters. The number of carbonyl (C=O) groups is 2. The van der Waals surface area contributed by atoms with Crippen LogP contribution >= 0.6 is 0 Å². The van der Waals surface area contributed by atoms with Gasteiger partial charge >= 0.3 is 0 Å². The third-order valence-electron chi connectivity index (χ3n) is 3.63. The number of amides is 1. The van der Waals surface area contributed by atoms with Crippen molar-refractivity contribution < 1.29 is 9.59 Å². The molecule has 1 amide bonds. The van der Waals surface area contributed by atoms with Gasteiger partial charge in [-0.1, -0.05) is 6.58 Å². The summed E-state index contributed by atoms with van der Waals surface area (Å²) in [4.78, 5) is 27.4. The van der Waals surface area contributed by atoms with E-state index in [1.807, 2.05) is 0 Å². The summed E-state index contributed by atoms with van der Waals surface area (Å²) in [6.45, 7) is 13.8. The molecule has 0 aromatic heterocycles. The molecule has 114 valence electrons. The Hall–Kier alpha value is -1.20. The number of nitrogens with zero attached hydrogens (tertiary/aromatic N) is 2. The molecule has 5 heteroatoms. The minimum atomic E-state index is -0.104. The molecule has 20 heavy (non-hydrogen) atoms. The third kappa shape index (κ3) is 4.42. The van der Waals surface area contributed by atoms with E-state index in [0.29, 0.717) is 37.4 Å². The van der Waals surface area contributed by atoms with Gasteiger partial charge < -0.3 is 4.90 Å². The standard InChI is InChI=1S/C15H27N3O2/c1-11(2)18(12(3)4)10-16-9-14(19)13(5)17-8-6-7-15(17)20/h11-12,16H,5-10H2,1-4H3. The van der Waals surface area contributed by atoms with E-state index in [9.17, 15) is 9.59 Å². The Morgan fingerprint density at radius 2 is 1.95 bits per heavy atom. The number of hydrogen-bond donors (Lipinski definition) is 1. The average Bonchev–Trinajstić information content (AvgIpc) is 2.78. The zero-order valence-corrected chi connectivity index (χ0v) is 13.1. The highest BCUT2D eigenvalue weighted by Crippen LogP contribution is 2.15. The van der Waals surface area contributed by atoms with Gasteiger partial charge in [0.15, 0.2) is 5.78 Å². The molecule has 1 rings (SSSR count). The molecule has 0 bridgehead atoms. The van der Waals surface area contributed by atoms with E-state index in [1.54, 1.807) is 0 Å². The summed E-state index contributed by atoms with van der Waals surface area (Å²) in [5.74, 6) is -0.0953. The van der Waals surface area contributed by atoms with Gasteiger partial charge in [0.25, 0.3) is 0 Å². The van der Waals surface area contributed by atoms with Crippen molar-refractivity contribution in [3.63, 3.8) is 0 Å². The zero-order chi connectivity index (χ0) is 15.3. The molecule has 1 N–H and O–H groups in total. The van der Waals surface area contributed by atoms with Gasteiger partial charge in [-0.05, 0) is 34.1 Å². The predicted octanol–water partition coefficient (Wildman–Crippen LogP) is 1.36. The Labute approximate surface area is 122 Å². The fourth-order valence-electron chi connectivity index (χ4n) is 2.45. The van der Waals surface area contributed by atoms with Crippen molar-refractivity contribution in [2.24, 2.45) is 0 Å². The lowest BCUT2D eigenvalue weighted by Gasteiger charge is -2.30. The molecule has 1 fully saturated rings. The lowest BCUT2D eigenvalue weighted by molar-refractivity contribution is -0.129. The first-order valence-corrected chi connectivity index (χ1v) is 7.33. The smallest absolute Gasteiger partial charge is 0.227 e. The Bertz CT molecular complexity index is 369. The molecule has 0 unspecified atom stereocenters. The Balaban J connectivity index is 2.39. The number of Topliss-reactive ketones (excluding diaryl/α,β-unsaturated/α-hetero) is 1. The van der Waals surface area contributed by atoms with Gasteiger partial charge in [-0.3, -0.25) is 19.8 Å². The highest BCUT2D eigenvalue weighted by molar-refractivity contribution is 6.00. The van der Waals surface area contributed by atoms with Crippen LogP contribution in [0.3, 0.4) is 0 Å². The molecule has 1 aliphatic heterocycles.